The molecular weight excluding hydrogens is 380 g/mol. The number of aryl methyl sites for hydroxylation is 1. The Morgan fingerprint density at radius 2 is 2.04 bits per heavy atom. The smallest absolute Gasteiger partial charge is 0.235 e. The van der Waals surface area contributed by atoms with E-state index < -0.39 is 5.41 Å². The number of halogens is 1. The third-order valence-electron chi connectivity index (χ3n) is 5.02. The number of methoxy groups -OCH3 is 1. The number of hydrogen-bond donors (Lipinski definition) is 2. The number of amides is 1. The maximum absolute atomic E-state index is 13.0. The number of fused-ring (bicyclic) bond motifs is 1. The zero-order valence-electron chi connectivity index (χ0n) is 14.2. The monoisotopic (exact) mass is 398 g/mol. The summed E-state index contributed by atoms with van der Waals surface area (Å²) in [6.07, 6.45) is 3.67. The van der Waals surface area contributed by atoms with Crippen LogP contribution in [0.25, 0.3) is 10.9 Å². The van der Waals surface area contributed by atoms with Crippen LogP contribution in [0.5, 0.6) is 5.75 Å². The van der Waals surface area contributed by atoms with Gasteiger partial charge in [-0.2, -0.15) is 0 Å². The molecule has 0 atom stereocenters. The van der Waals surface area contributed by atoms with Crippen molar-refractivity contribution in [3.8, 4) is 5.75 Å². The van der Waals surface area contributed by atoms with Crippen molar-refractivity contribution in [1.29, 1.82) is 0 Å². The largest absolute Gasteiger partial charge is 0.497 e. The minimum absolute atomic E-state index is 0.0481. The highest BCUT2D eigenvalue weighted by molar-refractivity contribution is 9.10. The highest BCUT2D eigenvalue weighted by atomic mass is 79.9. The van der Waals surface area contributed by atoms with Gasteiger partial charge in [0.25, 0.3) is 0 Å². The first-order valence-corrected chi connectivity index (χ1v) is 9.06. The van der Waals surface area contributed by atoms with Crippen molar-refractivity contribution in [1.82, 2.24) is 4.98 Å². The first-order chi connectivity index (χ1) is 12.0. The normalized spacial score (nSPS) is 15.2. The first-order valence-electron chi connectivity index (χ1n) is 8.27. The molecule has 4 nitrogen and oxygen atoms in total. The molecule has 0 aliphatic heterocycles. The molecule has 2 aromatic carbocycles. The molecular formula is C20H19BrN2O2. The summed E-state index contributed by atoms with van der Waals surface area (Å²) in [6.45, 7) is 2.03. The van der Waals surface area contributed by atoms with Crippen LogP contribution in [0.2, 0.25) is 0 Å². The lowest BCUT2D eigenvalue weighted by atomic mass is 9.94. The fourth-order valence-corrected chi connectivity index (χ4v) is 3.67. The van der Waals surface area contributed by atoms with E-state index in [9.17, 15) is 4.79 Å². The lowest BCUT2D eigenvalue weighted by molar-refractivity contribution is -0.118. The van der Waals surface area contributed by atoms with E-state index in [2.05, 4.69) is 26.2 Å². The second-order valence-electron chi connectivity index (χ2n) is 6.61. The fraction of sp³-hybridized carbons (Fsp3) is 0.250. The predicted molar refractivity (Wildman–Crippen MR) is 103 cm³/mol. The number of carbonyl (C=O) groups is 1. The van der Waals surface area contributed by atoms with Crippen molar-refractivity contribution in [2.24, 2.45) is 0 Å². The van der Waals surface area contributed by atoms with Crippen molar-refractivity contribution < 1.29 is 9.53 Å². The molecule has 1 aromatic heterocycles. The zero-order chi connectivity index (χ0) is 17.6. The summed E-state index contributed by atoms with van der Waals surface area (Å²) in [4.78, 5) is 16.3. The quantitative estimate of drug-likeness (QED) is 0.655. The van der Waals surface area contributed by atoms with Crippen LogP contribution in [0, 0.1) is 6.92 Å². The number of carbonyl (C=O) groups excluding carboxylic acids is 1. The zero-order valence-corrected chi connectivity index (χ0v) is 15.7. The number of ether oxygens (including phenoxy) is 1. The van der Waals surface area contributed by atoms with Crippen LogP contribution in [-0.2, 0) is 10.2 Å². The molecule has 0 unspecified atom stereocenters. The van der Waals surface area contributed by atoms with Crippen molar-refractivity contribution in [3.05, 3.63) is 58.2 Å². The van der Waals surface area contributed by atoms with Gasteiger partial charge in [-0.1, -0.05) is 22.0 Å². The van der Waals surface area contributed by atoms with Crippen LogP contribution >= 0.6 is 15.9 Å². The SMILES string of the molecule is COc1ccc2[nH]cc(C3(C(=O)Nc4ccc(C)c(Br)c4)CC3)c2c1. The number of nitrogens with one attached hydrogen (secondary N) is 2. The molecule has 1 heterocycles. The predicted octanol–water partition coefficient (Wildman–Crippen LogP) is 4.92. The third kappa shape index (κ3) is 2.72. The molecule has 128 valence electrons. The lowest BCUT2D eigenvalue weighted by Gasteiger charge is -2.16. The Balaban J connectivity index is 1.67. The lowest BCUT2D eigenvalue weighted by Crippen LogP contribution is -2.27. The fourth-order valence-electron chi connectivity index (χ4n) is 3.29. The Morgan fingerprint density at radius 3 is 2.72 bits per heavy atom. The van der Waals surface area contributed by atoms with Crippen LogP contribution in [0.3, 0.4) is 0 Å². The summed E-state index contributed by atoms with van der Waals surface area (Å²) < 4.78 is 6.33. The molecule has 0 radical (unpaired) electrons. The highest BCUT2D eigenvalue weighted by Gasteiger charge is 2.52. The van der Waals surface area contributed by atoms with E-state index in [0.29, 0.717) is 0 Å². The van der Waals surface area contributed by atoms with E-state index in [1.165, 1.54) is 0 Å². The summed E-state index contributed by atoms with van der Waals surface area (Å²) in [5.41, 5.74) is 3.56. The Hall–Kier alpha value is -2.27. The molecule has 2 N–H and O–H groups in total. The van der Waals surface area contributed by atoms with Gasteiger partial charge in [0.05, 0.1) is 12.5 Å². The number of rotatable bonds is 4. The van der Waals surface area contributed by atoms with Gasteiger partial charge in [-0.3, -0.25) is 4.79 Å². The van der Waals surface area contributed by atoms with Crippen LogP contribution in [0.15, 0.2) is 47.1 Å². The number of aromatic nitrogens is 1. The van der Waals surface area contributed by atoms with E-state index in [4.69, 9.17) is 4.74 Å². The molecule has 0 bridgehead atoms. The average Bonchev–Trinajstić information content (AvgIpc) is 3.31. The van der Waals surface area contributed by atoms with Gasteiger partial charge < -0.3 is 15.0 Å². The number of anilines is 1. The molecule has 0 spiro atoms. The van der Waals surface area contributed by atoms with E-state index in [1.54, 1.807) is 7.11 Å². The van der Waals surface area contributed by atoms with Gasteiger partial charge in [-0.05, 0) is 61.2 Å². The highest BCUT2D eigenvalue weighted by Crippen LogP contribution is 2.51. The Labute approximate surface area is 154 Å². The maximum atomic E-state index is 13.0. The molecule has 1 amide bonds. The minimum Gasteiger partial charge on any atom is -0.497 e. The third-order valence-corrected chi connectivity index (χ3v) is 5.87. The van der Waals surface area contributed by atoms with Crippen molar-refractivity contribution in [3.63, 3.8) is 0 Å². The minimum atomic E-state index is -0.456. The molecule has 3 aromatic rings. The van der Waals surface area contributed by atoms with Gasteiger partial charge in [-0.15, -0.1) is 0 Å². The van der Waals surface area contributed by atoms with Gasteiger partial charge in [0, 0.05) is 27.3 Å². The topological polar surface area (TPSA) is 54.1 Å². The van der Waals surface area contributed by atoms with Crippen molar-refractivity contribution in [2.75, 3.05) is 12.4 Å². The maximum Gasteiger partial charge on any atom is 0.235 e. The molecule has 1 fully saturated rings. The van der Waals surface area contributed by atoms with Crippen molar-refractivity contribution in [2.45, 2.75) is 25.2 Å². The van der Waals surface area contributed by atoms with E-state index >= 15 is 0 Å². The Bertz CT molecular complexity index is 973. The molecule has 4 rings (SSSR count). The summed E-state index contributed by atoms with van der Waals surface area (Å²) >= 11 is 3.52. The number of hydrogen-bond acceptors (Lipinski definition) is 2. The first kappa shape index (κ1) is 16.2. The molecule has 1 saturated carbocycles. The molecule has 1 aliphatic rings. The van der Waals surface area contributed by atoms with Gasteiger partial charge in [0.15, 0.2) is 0 Å². The molecule has 1 aliphatic carbocycles. The van der Waals surface area contributed by atoms with E-state index in [-0.39, 0.29) is 5.91 Å². The van der Waals surface area contributed by atoms with Crippen LogP contribution in [0.4, 0.5) is 5.69 Å². The number of benzene rings is 2. The summed E-state index contributed by atoms with van der Waals surface area (Å²) in [7, 11) is 1.66. The van der Waals surface area contributed by atoms with E-state index in [1.807, 2.05) is 49.5 Å². The second-order valence-corrected chi connectivity index (χ2v) is 7.47. The van der Waals surface area contributed by atoms with Crippen LogP contribution in [-0.4, -0.2) is 18.0 Å². The molecule has 25 heavy (non-hydrogen) atoms. The standard InChI is InChI=1S/C20H19BrN2O2/c1-12-3-4-13(9-17(12)21)23-19(24)20(7-8-20)16-11-22-18-6-5-14(25-2)10-15(16)18/h3-6,9-11,22H,7-8H2,1-2H3,(H,23,24). The number of H-pyrrole nitrogens is 1. The molecule has 5 heteroatoms. The Kier molecular flexibility index (Phi) is 3.84. The van der Waals surface area contributed by atoms with Gasteiger partial charge in [0.1, 0.15) is 5.75 Å². The summed E-state index contributed by atoms with van der Waals surface area (Å²) in [5, 5.41) is 4.13. The van der Waals surface area contributed by atoms with Crippen LogP contribution < -0.4 is 10.1 Å². The Morgan fingerprint density at radius 1 is 1.24 bits per heavy atom. The average molecular weight is 399 g/mol. The van der Waals surface area contributed by atoms with Crippen LogP contribution in [0.1, 0.15) is 24.0 Å². The van der Waals surface area contributed by atoms with Gasteiger partial charge in [0.2, 0.25) is 5.91 Å². The van der Waals surface area contributed by atoms with Gasteiger partial charge >= 0.3 is 0 Å². The summed E-state index contributed by atoms with van der Waals surface area (Å²) in [6, 6.07) is 11.8. The van der Waals surface area contributed by atoms with Crippen molar-refractivity contribution >= 4 is 38.4 Å². The van der Waals surface area contributed by atoms with E-state index in [0.717, 1.165) is 50.8 Å². The second kappa shape index (κ2) is 5.92. The molecule has 0 saturated heterocycles. The van der Waals surface area contributed by atoms with Gasteiger partial charge in [-0.25, -0.2) is 0 Å². The number of aromatic amines is 1. The summed E-state index contributed by atoms with van der Waals surface area (Å²) in [5.74, 6) is 0.846.